The van der Waals surface area contributed by atoms with Crippen LogP contribution in [0.5, 0.6) is 0 Å². The molecule has 4 amide bonds. The third kappa shape index (κ3) is 1.94. The number of hydrogen-bond donors (Lipinski definition) is 0. The Kier molecular flexibility index (Phi) is 3.34. The first kappa shape index (κ1) is 16.5. The fourth-order valence-electron chi connectivity index (χ4n) is 4.64. The van der Waals surface area contributed by atoms with Crippen LogP contribution in [0, 0.1) is 6.57 Å². The SMILES string of the molecule is [C-]#[N+]c1ncc(N2C(=O)[C@H]3[C@H]4CC(CN4C(=O)OC)N3C2=O)c2ccccc12. The third-order valence-corrected chi connectivity index (χ3v) is 5.77. The van der Waals surface area contributed by atoms with Crippen LogP contribution in [0.2, 0.25) is 0 Å². The Morgan fingerprint density at radius 2 is 2.04 bits per heavy atom. The molecule has 1 aromatic heterocycles. The van der Waals surface area contributed by atoms with Crippen LogP contribution in [-0.2, 0) is 9.53 Å². The van der Waals surface area contributed by atoms with Crippen LogP contribution in [0.15, 0.2) is 30.5 Å². The van der Waals surface area contributed by atoms with Crippen LogP contribution in [0.1, 0.15) is 6.42 Å². The molecule has 5 rings (SSSR count). The van der Waals surface area contributed by atoms with Crippen LogP contribution < -0.4 is 4.90 Å². The molecule has 9 heteroatoms. The summed E-state index contributed by atoms with van der Waals surface area (Å²) in [4.78, 5) is 50.2. The average molecular weight is 377 g/mol. The number of hydrogen-bond acceptors (Lipinski definition) is 5. The number of fused-ring (bicyclic) bond motifs is 6. The second-order valence-electron chi connectivity index (χ2n) is 7.01. The summed E-state index contributed by atoms with van der Waals surface area (Å²) in [6.07, 6.45) is 1.48. The summed E-state index contributed by atoms with van der Waals surface area (Å²) in [6, 6.07) is 5.35. The number of ether oxygens (including phenoxy) is 1. The molecule has 0 aliphatic carbocycles. The van der Waals surface area contributed by atoms with Crippen molar-refractivity contribution in [3.05, 3.63) is 41.9 Å². The van der Waals surface area contributed by atoms with Gasteiger partial charge in [0.25, 0.3) is 11.7 Å². The molecular formula is C19H15N5O4. The van der Waals surface area contributed by atoms with Crippen LogP contribution in [-0.4, -0.2) is 64.6 Å². The van der Waals surface area contributed by atoms with Gasteiger partial charge in [0.2, 0.25) is 0 Å². The van der Waals surface area contributed by atoms with Crippen molar-refractivity contribution in [1.82, 2.24) is 14.8 Å². The molecular weight excluding hydrogens is 362 g/mol. The number of likely N-dealkylation sites (tertiary alicyclic amines) is 1. The molecule has 0 saturated carbocycles. The van der Waals surface area contributed by atoms with E-state index in [0.717, 1.165) is 4.90 Å². The van der Waals surface area contributed by atoms with Crippen molar-refractivity contribution in [1.29, 1.82) is 0 Å². The summed E-state index contributed by atoms with van der Waals surface area (Å²) in [7, 11) is 1.30. The fraction of sp³-hybridized carbons (Fsp3) is 0.316. The normalized spacial score (nSPS) is 25.4. The lowest BCUT2D eigenvalue weighted by molar-refractivity contribution is -0.121. The maximum absolute atomic E-state index is 13.2. The Balaban J connectivity index is 1.59. The van der Waals surface area contributed by atoms with Gasteiger partial charge in [0.05, 0.1) is 19.2 Å². The molecule has 1 aromatic carbocycles. The second kappa shape index (κ2) is 5.66. The summed E-state index contributed by atoms with van der Waals surface area (Å²) in [6.45, 7) is 7.64. The third-order valence-electron chi connectivity index (χ3n) is 5.77. The van der Waals surface area contributed by atoms with E-state index in [9.17, 15) is 14.4 Å². The largest absolute Gasteiger partial charge is 0.453 e. The highest BCUT2D eigenvalue weighted by atomic mass is 16.5. The number of benzene rings is 1. The molecule has 2 aromatic rings. The van der Waals surface area contributed by atoms with Gasteiger partial charge in [0.1, 0.15) is 17.9 Å². The van der Waals surface area contributed by atoms with Gasteiger partial charge in [-0.3, -0.25) is 4.79 Å². The summed E-state index contributed by atoms with van der Waals surface area (Å²) >= 11 is 0. The van der Waals surface area contributed by atoms with E-state index in [1.54, 1.807) is 29.2 Å². The second-order valence-corrected chi connectivity index (χ2v) is 7.01. The molecule has 9 nitrogen and oxygen atoms in total. The van der Waals surface area contributed by atoms with Gasteiger partial charge in [-0.25, -0.2) is 14.5 Å². The summed E-state index contributed by atoms with van der Waals surface area (Å²) < 4.78 is 4.81. The number of rotatable bonds is 1. The minimum atomic E-state index is -0.718. The summed E-state index contributed by atoms with van der Waals surface area (Å²) in [5, 5.41) is 1.20. The molecule has 0 spiro atoms. The Morgan fingerprint density at radius 1 is 1.29 bits per heavy atom. The van der Waals surface area contributed by atoms with Crippen LogP contribution in [0.25, 0.3) is 15.6 Å². The summed E-state index contributed by atoms with van der Waals surface area (Å²) in [5.74, 6) is -0.163. The highest BCUT2D eigenvalue weighted by molar-refractivity contribution is 6.25. The minimum absolute atomic E-state index is 0.211. The van der Waals surface area contributed by atoms with Crippen molar-refractivity contribution in [2.24, 2.45) is 0 Å². The van der Waals surface area contributed by atoms with Crippen molar-refractivity contribution < 1.29 is 19.1 Å². The number of methoxy groups -OCH3 is 1. The first-order valence-corrected chi connectivity index (χ1v) is 8.83. The molecule has 3 aliphatic heterocycles. The molecule has 2 bridgehead atoms. The van der Waals surface area contributed by atoms with E-state index < -0.39 is 18.2 Å². The average Bonchev–Trinajstić information content (AvgIpc) is 3.38. The topological polar surface area (TPSA) is 87.4 Å². The molecule has 3 saturated heterocycles. The number of urea groups is 1. The highest BCUT2D eigenvalue weighted by Gasteiger charge is 2.63. The quantitative estimate of drug-likeness (QED) is 0.561. The van der Waals surface area contributed by atoms with Crippen molar-refractivity contribution in [3.8, 4) is 0 Å². The number of imide groups is 1. The Morgan fingerprint density at radius 3 is 2.75 bits per heavy atom. The first-order valence-electron chi connectivity index (χ1n) is 8.83. The monoisotopic (exact) mass is 377 g/mol. The number of pyridine rings is 1. The van der Waals surface area contributed by atoms with E-state index >= 15 is 0 Å². The number of piperazine rings is 1. The zero-order valence-electron chi connectivity index (χ0n) is 14.9. The molecule has 140 valence electrons. The number of aromatic nitrogens is 1. The van der Waals surface area contributed by atoms with Gasteiger partial charge in [-0.2, -0.15) is 0 Å². The van der Waals surface area contributed by atoms with Crippen molar-refractivity contribution >= 4 is 40.3 Å². The van der Waals surface area contributed by atoms with Gasteiger partial charge in [-0.15, -0.1) is 4.98 Å². The van der Waals surface area contributed by atoms with Crippen LogP contribution >= 0.6 is 0 Å². The Hall–Kier alpha value is -3.67. The predicted molar refractivity (Wildman–Crippen MR) is 97.8 cm³/mol. The Labute approximate surface area is 159 Å². The predicted octanol–water partition coefficient (Wildman–Crippen LogP) is 2.15. The number of carbonyl (C=O) groups excluding carboxylic acids is 3. The van der Waals surface area contributed by atoms with E-state index in [-0.39, 0.29) is 23.8 Å². The maximum atomic E-state index is 13.2. The Bertz CT molecular complexity index is 1090. The first-order chi connectivity index (χ1) is 13.6. The van der Waals surface area contributed by atoms with Gasteiger partial charge >= 0.3 is 12.1 Å². The molecule has 3 aliphatic rings. The van der Waals surface area contributed by atoms with Gasteiger partial charge in [-0.1, -0.05) is 30.8 Å². The van der Waals surface area contributed by atoms with Crippen LogP contribution in [0.4, 0.5) is 21.1 Å². The van der Waals surface area contributed by atoms with E-state index in [2.05, 4.69) is 9.83 Å². The van der Waals surface area contributed by atoms with Crippen LogP contribution in [0.3, 0.4) is 0 Å². The van der Waals surface area contributed by atoms with E-state index in [4.69, 9.17) is 11.3 Å². The maximum Gasteiger partial charge on any atom is 0.409 e. The fourth-order valence-corrected chi connectivity index (χ4v) is 4.64. The molecule has 4 heterocycles. The molecule has 1 unspecified atom stereocenters. The number of amides is 4. The van der Waals surface area contributed by atoms with Crippen molar-refractivity contribution in [2.45, 2.75) is 24.5 Å². The number of nitrogens with zero attached hydrogens (tertiary/aromatic N) is 5. The molecule has 3 atom stereocenters. The van der Waals surface area contributed by atoms with E-state index in [1.807, 2.05) is 0 Å². The standard InChI is InChI=1S/C19H15N5O4/c1-20-16-12-6-4-3-5-11(12)14(8-21-16)24-17(25)15-13-7-10(23(15)18(24)26)9-22(13)19(27)28-2/h3-6,8,10,13,15H,7,9H2,2H3/t10?,13-,15-/m1/s1. The van der Waals surface area contributed by atoms with Crippen molar-refractivity contribution in [3.63, 3.8) is 0 Å². The highest BCUT2D eigenvalue weighted by Crippen LogP contribution is 2.44. The number of carbonyl (C=O) groups is 3. The zero-order chi connectivity index (χ0) is 19.6. The van der Waals surface area contributed by atoms with Gasteiger partial charge in [-0.05, 0) is 6.42 Å². The lowest BCUT2D eigenvalue weighted by Gasteiger charge is -2.33. The smallest absolute Gasteiger partial charge is 0.409 e. The van der Waals surface area contributed by atoms with Gasteiger partial charge < -0.3 is 19.4 Å². The van der Waals surface area contributed by atoms with Crippen molar-refractivity contribution in [2.75, 3.05) is 18.6 Å². The molecule has 0 radical (unpaired) electrons. The zero-order valence-corrected chi connectivity index (χ0v) is 14.9. The summed E-state index contributed by atoms with van der Waals surface area (Å²) in [5.41, 5.74) is 0.358. The molecule has 0 N–H and O–H groups in total. The molecule has 28 heavy (non-hydrogen) atoms. The van der Waals surface area contributed by atoms with E-state index in [0.29, 0.717) is 29.4 Å². The number of anilines is 1. The lowest BCUT2D eigenvalue weighted by atomic mass is 10.1. The van der Waals surface area contributed by atoms with Gasteiger partial charge in [0.15, 0.2) is 0 Å². The lowest BCUT2D eigenvalue weighted by Crippen LogP contribution is -2.54. The van der Waals surface area contributed by atoms with Gasteiger partial charge in [0, 0.05) is 17.3 Å². The van der Waals surface area contributed by atoms with E-state index in [1.165, 1.54) is 18.2 Å². The minimum Gasteiger partial charge on any atom is -0.453 e. The molecule has 3 fully saturated rings.